The second kappa shape index (κ2) is 10.6. The Kier molecular flexibility index (Phi) is 7.58. The van der Waals surface area contributed by atoms with Crippen molar-refractivity contribution in [2.75, 3.05) is 26.4 Å². The number of ether oxygens (including phenoxy) is 2. The van der Waals surface area contributed by atoms with E-state index in [0.717, 1.165) is 11.1 Å². The van der Waals surface area contributed by atoms with E-state index < -0.39 is 0 Å². The number of carbonyl (C=O) groups excluding carboxylic acids is 2. The standard InChI is InChI=1S/C26H36N4O4/c1-19-15-33-16-20(2)29(19)25(31)13-27-9-5-23(6-10-27)24-7-11-28(12-8-24)14-26(32)30-21(3)17-34-18-22(30)4/h5-12,19-22H,13-18H2,1-4H3/q+2/t19-,20+,21-,22+. The van der Waals surface area contributed by atoms with Crippen LogP contribution in [0.3, 0.4) is 0 Å². The highest BCUT2D eigenvalue weighted by molar-refractivity contribution is 5.76. The van der Waals surface area contributed by atoms with Crippen molar-refractivity contribution in [3.05, 3.63) is 49.1 Å². The molecule has 0 bridgehead atoms. The van der Waals surface area contributed by atoms with Crippen molar-refractivity contribution in [1.82, 2.24) is 9.80 Å². The molecule has 0 spiro atoms. The highest BCUT2D eigenvalue weighted by Crippen LogP contribution is 2.17. The molecular formula is C26H36N4O4+2. The van der Waals surface area contributed by atoms with Gasteiger partial charge >= 0.3 is 0 Å². The third-order valence-corrected chi connectivity index (χ3v) is 6.66. The molecule has 0 aromatic carbocycles. The monoisotopic (exact) mass is 468 g/mol. The summed E-state index contributed by atoms with van der Waals surface area (Å²) in [7, 11) is 0. The van der Waals surface area contributed by atoms with Crippen molar-refractivity contribution < 1.29 is 28.2 Å². The van der Waals surface area contributed by atoms with E-state index in [1.54, 1.807) is 0 Å². The molecule has 2 aromatic rings. The molecule has 0 aliphatic carbocycles. The van der Waals surface area contributed by atoms with Crippen molar-refractivity contribution in [3.63, 3.8) is 0 Å². The number of pyridine rings is 2. The molecule has 4 atom stereocenters. The summed E-state index contributed by atoms with van der Waals surface area (Å²) in [5, 5.41) is 0. The van der Waals surface area contributed by atoms with E-state index in [1.807, 2.05) is 95.7 Å². The van der Waals surface area contributed by atoms with E-state index in [2.05, 4.69) is 0 Å². The molecule has 4 heterocycles. The van der Waals surface area contributed by atoms with Gasteiger partial charge in [-0.3, -0.25) is 9.59 Å². The minimum absolute atomic E-state index is 0.0914. The van der Waals surface area contributed by atoms with E-state index in [1.165, 1.54) is 0 Å². The molecule has 8 nitrogen and oxygen atoms in total. The smallest absolute Gasteiger partial charge is 0.289 e. The second-order valence-electron chi connectivity index (χ2n) is 9.59. The molecule has 34 heavy (non-hydrogen) atoms. The fourth-order valence-corrected chi connectivity index (χ4v) is 4.98. The molecule has 0 radical (unpaired) electrons. The normalized spacial score (nSPS) is 25.3. The van der Waals surface area contributed by atoms with E-state index >= 15 is 0 Å². The maximum absolute atomic E-state index is 12.8. The number of carbonyl (C=O) groups is 2. The maximum Gasteiger partial charge on any atom is 0.289 e. The Morgan fingerprint density at radius 1 is 0.676 bits per heavy atom. The van der Waals surface area contributed by atoms with Gasteiger partial charge in [0.1, 0.15) is 0 Å². The number of morpholine rings is 2. The van der Waals surface area contributed by atoms with E-state index in [-0.39, 0.29) is 36.0 Å². The van der Waals surface area contributed by atoms with Crippen molar-refractivity contribution >= 4 is 11.8 Å². The first kappa shape index (κ1) is 24.3. The minimum atomic E-state index is 0.0914. The Morgan fingerprint density at radius 3 is 1.26 bits per heavy atom. The van der Waals surface area contributed by atoms with Gasteiger partial charge in [-0.2, -0.15) is 9.13 Å². The van der Waals surface area contributed by atoms with Crippen LogP contribution in [-0.4, -0.2) is 72.2 Å². The van der Waals surface area contributed by atoms with Crippen LogP contribution in [0.25, 0.3) is 11.1 Å². The Labute approximate surface area is 201 Å². The van der Waals surface area contributed by atoms with Crippen LogP contribution in [0, 0.1) is 0 Å². The van der Waals surface area contributed by atoms with Crippen LogP contribution in [-0.2, 0) is 32.2 Å². The van der Waals surface area contributed by atoms with Gasteiger partial charge in [0.15, 0.2) is 24.8 Å². The second-order valence-corrected chi connectivity index (χ2v) is 9.59. The first-order chi connectivity index (χ1) is 16.3. The lowest BCUT2D eigenvalue weighted by atomic mass is 10.1. The van der Waals surface area contributed by atoms with Crippen LogP contribution in [0.2, 0.25) is 0 Å². The summed E-state index contributed by atoms with van der Waals surface area (Å²) in [5.74, 6) is 0.214. The fourth-order valence-electron chi connectivity index (χ4n) is 4.98. The van der Waals surface area contributed by atoms with Gasteiger partial charge in [0.2, 0.25) is 13.1 Å². The molecule has 0 N–H and O–H groups in total. The molecule has 2 amide bonds. The zero-order valence-electron chi connectivity index (χ0n) is 20.6. The summed E-state index contributed by atoms with van der Waals surface area (Å²) in [4.78, 5) is 29.5. The summed E-state index contributed by atoms with van der Waals surface area (Å²) < 4.78 is 14.9. The summed E-state index contributed by atoms with van der Waals surface area (Å²) in [6.07, 6.45) is 7.76. The lowest BCUT2D eigenvalue weighted by Crippen LogP contribution is -2.56. The third kappa shape index (κ3) is 5.45. The Bertz CT molecular complexity index is 893. The first-order valence-corrected chi connectivity index (χ1v) is 12.1. The number of hydrogen-bond acceptors (Lipinski definition) is 4. The number of amides is 2. The Hall–Kier alpha value is -2.84. The predicted molar refractivity (Wildman–Crippen MR) is 125 cm³/mol. The van der Waals surface area contributed by atoms with E-state index in [4.69, 9.17) is 9.47 Å². The molecule has 2 saturated heterocycles. The SMILES string of the molecule is C[C@@H]1COC[C@H](C)N1C(=O)C[n+]1ccc(-c2cc[n+](CC(=O)N3[C@H](C)COC[C@@H]3C)cc2)cc1. The molecule has 8 heteroatoms. The van der Waals surface area contributed by atoms with E-state index in [9.17, 15) is 9.59 Å². The van der Waals surface area contributed by atoms with Crippen molar-refractivity contribution in [3.8, 4) is 11.1 Å². The largest absolute Gasteiger partial charge is 0.377 e. The van der Waals surface area contributed by atoms with Crippen molar-refractivity contribution in [2.24, 2.45) is 0 Å². The molecule has 2 aliphatic heterocycles. The van der Waals surface area contributed by atoms with Crippen molar-refractivity contribution in [2.45, 2.75) is 65.0 Å². The van der Waals surface area contributed by atoms with Gasteiger partial charge in [0.05, 0.1) is 50.6 Å². The van der Waals surface area contributed by atoms with Crippen LogP contribution in [0.15, 0.2) is 49.1 Å². The van der Waals surface area contributed by atoms with Gasteiger partial charge in [0.25, 0.3) is 11.8 Å². The van der Waals surface area contributed by atoms with Gasteiger partial charge in [-0.25, -0.2) is 0 Å². The molecule has 0 unspecified atom stereocenters. The number of rotatable bonds is 5. The van der Waals surface area contributed by atoms with Gasteiger partial charge in [0, 0.05) is 24.3 Å². The average molecular weight is 469 g/mol. The van der Waals surface area contributed by atoms with Crippen LogP contribution in [0.4, 0.5) is 0 Å². The fraction of sp³-hybridized carbons (Fsp3) is 0.538. The lowest BCUT2D eigenvalue weighted by molar-refractivity contribution is -0.685. The summed E-state index contributed by atoms with van der Waals surface area (Å²) >= 11 is 0. The molecule has 0 saturated carbocycles. The zero-order chi connectivity index (χ0) is 24.2. The maximum atomic E-state index is 12.8. The number of aromatic nitrogens is 2. The van der Waals surface area contributed by atoms with Gasteiger partial charge in [-0.1, -0.05) is 0 Å². The molecular weight excluding hydrogens is 432 g/mol. The summed E-state index contributed by atoms with van der Waals surface area (Å²) in [6.45, 7) is 11.1. The van der Waals surface area contributed by atoms with Gasteiger partial charge in [-0.05, 0) is 38.8 Å². The zero-order valence-corrected chi connectivity index (χ0v) is 20.6. The highest BCUT2D eigenvalue weighted by atomic mass is 16.5. The average Bonchev–Trinajstić information content (AvgIpc) is 2.80. The predicted octanol–water partition coefficient (Wildman–Crippen LogP) is 1.20. The Balaban J connectivity index is 1.36. The minimum Gasteiger partial charge on any atom is -0.377 e. The topological polar surface area (TPSA) is 66.8 Å². The lowest BCUT2D eigenvalue weighted by Gasteiger charge is -2.38. The first-order valence-electron chi connectivity index (χ1n) is 12.1. The van der Waals surface area contributed by atoms with Crippen LogP contribution >= 0.6 is 0 Å². The molecule has 182 valence electrons. The van der Waals surface area contributed by atoms with Crippen LogP contribution in [0.5, 0.6) is 0 Å². The van der Waals surface area contributed by atoms with Crippen LogP contribution in [0.1, 0.15) is 27.7 Å². The van der Waals surface area contributed by atoms with Crippen molar-refractivity contribution in [1.29, 1.82) is 0 Å². The molecule has 2 fully saturated rings. The number of hydrogen-bond donors (Lipinski definition) is 0. The molecule has 2 aliphatic rings. The summed E-state index contributed by atoms with van der Waals surface area (Å²) in [6, 6.07) is 8.43. The number of nitrogens with zero attached hydrogens (tertiary/aromatic N) is 4. The van der Waals surface area contributed by atoms with E-state index in [0.29, 0.717) is 39.5 Å². The quantitative estimate of drug-likeness (QED) is 0.619. The molecule has 4 rings (SSSR count). The highest BCUT2D eigenvalue weighted by Gasteiger charge is 2.32. The summed E-state index contributed by atoms with van der Waals surface area (Å²) in [5.41, 5.74) is 2.12. The van der Waals surface area contributed by atoms with Gasteiger partial charge in [-0.15, -0.1) is 0 Å². The van der Waals surface area contributed by atoms with Crippen LogP contribution < -0.4 is 9.13 Å². The Morgan fingerprint density at radius 2 is 0.971 bits per heavy atom. The third-order valence-electron chi connectivity index (χ3n) is 6.66. The molecule has 2 aromatic heterocycles. The van der Waals surface area contributed by atoms with Gasteiger partial charge < -0.3 is 19.3 Å².